The molecule has 1 amide bonds. The molecule has 0 aliphatic rings. The number of nitrogens with one attached hydrogen (secondary N) is 2. The molecule has 34 heavy (non-hydrogen) atoms. The fourth-order valence-electron chi connectivity index (χ4n) is 3.54. The number of aromatic nitrogens is 6. The summed E-state index contributed by atoms with van der Waals surface area (Å²) in [5, 5.41) is 11.8. The minimum absolute atomic E-state index is 0.0999. The van der Waals surface area contributed by atoms with Gasteiger partial charge in [-0.05, 0) is 49.6 Å². The van der Waals surface area contributed by atoms with Gasteiger partial charge >= 0.3 is 0 Å². The van der Waals surface area contributed by atoms with Crippen LogP contribution in [-0.2, 0) is 0 Å². The van der Waals surface area contributed by atoms with Gasteiger partial charge in [-0.2, -0.15) is 19.9 Å². The number of nitrogens with zero attached hydrogens (tertiary/aromatic N) is 5. The average Bonchev–Trinajstić information content (AvgIpc) is 3.43. The van der Waals surface area contributed by atoms with Gasteiger partial charge in [-0.25, -0.2) is 9.07 Å². The van der Waals surface area contributed by atoms with Crippen LogP contribution in [0.4, 0.5) is 10.2 Å². The highest BCUT2D eigenvalue weighted by Gasteiger charge is 2.18. The third-order valence-electron chi connectivity index (χ3n) is 5.12. The highest BCUT2D eigenvalue weighted by molar-refractivity contribution is 7.98. The number of aryl methyl sites for hydroxylation is 1. The van der Waals surface area contributed by atoms with Crippen molar-refractivity contribution in [2.45, 2.75) is 11.8 Å². The molecule has 0 aliphatic carbocycles. The molecule has 2 N–H and O–H groups in total. The molecule has 5 rings (SSSR count). The van der Waals surface area contributed by atoms with E-state index in [9.17, 15) is 14.0 Å². The standard InChI is InChI=1S/C23H18FN7O2S/c1-13-11-19(26-21(32)16-5-3-4-6-18(16)34-2)31(29-13)23-27-20-17(22(33)28-23)12-25-30(20)15-9-7-14(24)8-10-15/h3-12H,1-2H3,(H,26,32)(H,27,28,33). The second-order valence-corrected chi connectivity index (χ2v) is 8.24. The number of carbonyl (C=O) groups is 1. The van der Waals surface area contributed by atoms with Crippen molar-refractivity contribution in [1.29, 1.82) is 0 Å². The number of aromatic amines is 1. The van der Waals surface area contributed by atoms with E-state index in [2.05, 4.69) is 25.5 Å². The normalized spacial score (nSPS) is 11.1. The Morgan fingerprint density at radius 3 is 2.65 bits per heavy atom. The van der Waals surface area contributed by atoms with Gasteiger partial charge < -0.3 is 5.32 Å². The highest BCUT2D eigenvalue weighted by Crippen LogP contribution is 2.23. The van der Waals surface area contributed by atoms with Gasteiger partial charge in [0, 0.05) is 11.0 Å². The number of H-pyrrole nitrogens is 1. The first-order chi connectivity index (χ1) is 16.4. The lowest BCUT2D eigenvalue weighted by Crippen LogP contribution is -2.19. The number of anilines is 1. The molecular weight excluding hydrogens is 457 g/mol. The Labute approximate surface area is 196 Å². The second-order valence-electron chi connectivity index (χ2n) is 7.40. The summed E-state index contributed by atoms with van der Waals surface area (Å²) in [6, 6.07) is 14.6. The second kappa shape index (κ2) is 8.60. The third-order valence-corrected chi connectivity index (χ3v) is 5.92. The van der Waals surface area contributed by atoms with Gasteiger partial charge in [0.2, 0.25) is 5.95 Å². The van der Waals surface area contributed by atoms with Crippen molar-refractivity contribution in [3.63, 3.8) is 0 Å². The Hall–Kier alpha value is -4.25. The molecule has 3 aromatic heterocycles. The summed E-state index contributed by atoms with van der Waals surface area (Å²) in [4.78, 5) is 33.8. The number of thioether (sulfide) groups is 1. The number of rotatable bonds is 5. The lowest BCUT2D eigenvalue weighted by atomic mass is 10.2. The zero-order valence-corrected chi connectivity index (χ0v) is 18.9. The van der Waals surface area contributed by atoms with Crippen molar-refractivity contribution in [3.8, 4) is 11.6 Å². The molecule has 11 heteroatoms. The van der Waals surface area contributed by atoms with Crippen LogP contribution in [0.5, 0.6) is 0 Å². The smallest absolute Gasteiger partial charge is 0.263 e. The molecule has 0 saturated heterocycles. The maximum absolute atomic E-state index is 13.4. The van der Waals surface area contributed by atoms with Crippen molar-refractivity contribution in [2.24, 2.45) is 0 Å². The van der Waals surface area contributed by atoms with E-state index in [1.807, 2.05) is 18.4 Å². The Morgan fingerprint density at radius 2 is 1.88 bits per heavy atom. The molecule has 0 spiro atoms. The van der Waals surface area contributed by atoms with E-state index in [0.29, 0.717) is 22.8 Å². The molecule has 0 fully saturated rings. The Bertz CT molecular complexity index is 1590. The van der Waals surface area contributed by atoms with E-state index >= 15 is 0 Å². The lowest BCUT2D eigenvalue weighted by Gasteiger charge is -2.10. The maximum Gasteiger partial charge on any atom is 0.263 e. The van der Waals surface area contributed by atoms with Crippen molar-refractivity contribution in [1.82, 2.24) is 29.5 Å². The van der Waals surface area contributed by atoms with E-state index in [1.165, 1.54) is 51.6 Å². The molecule has 0 aliphatic heterocycles. The Balaban J connectivity index is 1.58. The number of hydrogen-bond donors (Lipinski definition) is 2. The van der Waals surface area contributed by atoms with Gasteiger partial charge in [0.1, 0.15) is 17.0 Å². The number of carbonyl (C=O) groups excluding carboxylic acids is 1. The van der Waals surface area contributed by atoms with Crippen molar-refractivity contribution < 1.29 is 9.18 Å². The first kappa shape index (κ1) is 21.6. The van der Waals surface area contributed by atoms with Crippen molar-refractivity contribution in [3.05, 3.63) is 88.2 Å². The molecule has 0 atom stereocenters. The fourth-order valence-corrected chi connectivity index (χ4v) is 4.14. The molecule has 5 aromatic rings. The summed E-state index contributed by atoms with van der Waals surface area (Å²) in [5.41, 5.74) is 1.52. The van der Waals surface area contributed by atoms with Gasteiger partial charge in [0.05, 0.1) is 23.1 Å². The highest BCUT2D eigenvalue weighted by atomic mass is 32.2. The SMILES string of the molecule is CSc1ccccc1C(=O)Nc1cc(C)nn1-c1nc2c(cnn2-c2ccc(F)cc2)c(=O)[nH]1. The number of benzene rings is 2. The molecule has 0 unspecified atom stereocenters. The van der Waals surface area contributed by atoms with Crippen LogP contribution in [0, 0.1) is 12.7 Å². The Kier molecular flexibility index (Phi) is 5.46. The summed E-state index contributed by atoms with van der Waals surface area (Å²) in [5.74, 6) is -0.260. The topological polar surface area (TPSA) is 110 Å². The largest absolute Gasteiger partial charge is 0.306 e. The van der Waals surface area contributed by atoms with Crippen LogP contribution in [0.1, 0.15) is 16.1 Å². The maximum atomic E-state index is 13.4. The molecule has 170 valence electrons. The van der Waals surface area contributed by atoms with Gasteiger partial charge in [0.15, 0.2) is 5.65 Å². The molecule has 9 nitrogen and oxygen atoms in total. The summed E-state index contributed by atoms with van der Waals surface area (Å²) in [6.45, 7) is 1.77. The molecule has 2 aromatic carbocycles. The molecular formula is C23H18FN7O2S. The number of hydrogen-bond acceptors (Lipinski definition) is 6. The molecule has 3 heterocycles. The summed E-state index contributed by atoms with van der Waals surface area (Å²) in [6.07, 6.45) is 3.29. The molecule has 0 bridgehead atoms. The molecule has 0 saturated carbocycles. The minimum atomic E-state index is -0.425. The summed E-state index contributed by atoms with van der Waals surface area (Å²) in [7, 11) is 0. The van der Waals surface area contributed by atoms with E-state index in [0.717, 1.165) is 4.90 Å². The van der Waals surface area contributed by atoms with Crippen LogP contribution in [0.15, 0.2) is 70.5 Å². The predicted molar refractivity (Wildman–Crippen MR) is 127 cm³/mol. The quantitative estimate of drug-likeness (QED) is 0.375. The van der Waals surface area contributed by atoms with Crippen LogP contribution in [0.2, 0.25) is 0 Å². The zero-order valence-electron chi connectivity index (χ0n) is 18.1. The fraction of sp³-hybridized carbons (Fsp3) is 0.0870. The van der Waals surface area contributed by atoms with Crippen molar-refractivity contribution in [2.75, 3.05) is 11.6 Å². The number of fused-ring (bicyclic) bond motifs is 1. The van der Waals surface area contributed by atoms with Gasteiger partial charge in [0.25, 0.3) is 11.5 Å². The lowest BCUT2D eigenvalue weighted by molar-refractivity contribution is 0.102. The van der Waals surface area contributed by atoms with Crippen molar-refractivity contribution >= 4 is 34.5 Å². The number of halogens is 1. The van der Waals surface area contributed by atoms with E-state index < -0.39 is 5.56 Å². The third kappa shape index (κ3) is 3.86. The molecule has 0 radical (unpaired) electrons. The van der Waals surface area contributed by atoms with E-state index in [1.54, 1.807) is 25.1 Å². The van der Waals surface area contributed by atoms with Crippen LogP contribution in [0.25, 0.3) is 22.7 Å². The first-order valence-electron chi connectivity index (χ1n) is 10.2. The monoisotopic (exact) mass is 475 g/mol. The van der Waals surface area contributed by atoms with E-state index in [4.69, 9.17) is 0 Å². The van der Waals surface area contributed by atoms with E-state index in [-0.39, 0.29) is 28.7 Å². The minimum Gasteiger partial charge on any atom is -0.306 e. The number of amides is 1. The van der Waals surface area contributed by atoms with Crippen LogP contribution in [-0.4, -0.2) is 41.7 Å². The first-order valence-corrected chi connectivity index (χ1v) is 11.4. The summed E-state index contributed by atoms with van der Waals surface area (Å²) >= 11 is 1.47. The Morgan fingerprint density at radius 1 is 1.12 bits per heavy atom. The zero-order chi connectivity index (χ0) is 23.8. The summed E-state index contributed by atoms with van der Waals surface area (Å²) < 4.78 is 16.2. The van der Waals surface area contributed by atoms with Crippen LogP contribution < -0.4 is 10.9 Å². The van der Waals surface area contributed by atoms with Gasteiger partial charge in [-0.3, -0.25) is 14.6 Å². The predicted octanol–water partition coefficient (Wildman–Crippen LogP) is 3.72. The van der Waals surface area contributed by atoms with Crippen LogP contribution in [0.3, 0.4) is 0 Å². The average molecular weight is 476 g/mol. The van der Waals surface area contributed by atoms with Gasteiger partial charge in [-0.15, -0.1) is 11.8 Å². The van der Waals surface area contributed by atoms with Crippen LogP contribution >= 0.6 is 11.8 Å². The van der Waals surface area contributed by atoms with Gasteiger partial charge in [-0.1, -0.05) is 12.1 Å².